The Labute approximate surface area is 154 Å². The summed E-state index contributed by atoms with van der Waals surface area (Å²) in [6.07, 6.45) is 0.684. The highest BCUT2D eigenvalue weighted by molar-refractivity contribution is 9.10. The molecule has 1 N–H and O–H groups in total. The lowest BCUT2D eigenvalue weighted by Gasteiger charge is -2.08. The van der Waals surface area contributed by atoms with E-state index in [1.54, 1.807) is 11.8 Å². The number of rotatable bonds is 5. The van der Waals surface area contributed by atoms with Crippen LogP contribution in [0.4, 0.5) is 0 Å². The average Bonchev–Trinajstić information content (AvgIpc) is 3.05. The van der Waals surface area contributed by atoms with Crippen molar-refractivity contribution in [2.75, 3.05) is 11.5 Å². The normalized spacial score (nSPS) is 19.4. The van der Waals surface area contributed by atoms with E-state index in [4.69, 9.17) is 4.42 Å². The third kappa shape index (κ3) is 5.53. The minimum absolute atomic E-state index is 0. The van der Waals surface area contributed by atoms with Gasteiger partial charge >= 0.3 is 0 Å². The van der Waals surface area contributed by atoms with Crippen molar-refractivity contribution in [3.63, 3.8) is 0 Å². The lowest BCUT2D eigenvalue weighted by molar-refractivity contribution is 0.404. The molecule has 0 saturated carbocycles. The van der Waals surface area contributed by atoms with Gasteiger partial charge in [-0.3, -0.25) is 0 Å². The zero-order valence-corrected chi connectivity index (χ0v) is 16.2. The van der Waals surface area contributed by atoms with Gasteiger partial charge < -0.3 is 9.73 Å². The molecule has 23 heavy (non-hydrogen) atoms. The number of nitrogens with one attached hydrogen (secondary N) is 1. The molecule has 1 aromatic heterocycles. The Morgan fingerprint density at radius 2 is 1.96 bits per heavy atom. The van der Waals surface area contributed by atoms with Crippen LogP contribution in [-0.2, 0) is 16.4 Å². The molecule has 1 saturated heterocycles. The van der Waals surface area contributed by atoms with Gasteiger partial charge in [0.1, 0.15) is 5.76 Å². The molecule has 0 spiro atoms. The van der Waals surface area contributed by atoms with Crippen molar-refractivity contribution in [2.24, 2.45) is 0 Å². The molecule has 1 unspecified atom stereocenters. The van der Waals surface area contributed by atoms with Crippen LogP contribution in [0.3, 0.4) is 0 Å². The fraction of sp³-hybridized carbons (Fsp3) is 0.333. The zero-order chi connectivity index (χ0) is 15.6. The summed E-state index contributed by atoms with van der Waals surface area (Å²) < 4.78 is 29.6. The minimum Gasteiger partial charge on any atom is -0.453 e. The highest BCUT2D eigenvalue weighted by atomic mass is 79.9. The largest absolute Gasteiger partial charge is 0.453 e. The predicted molar refractivity (Wildman–Crippen MR) is 98.1 cm³/mol. The zero-order valence-electron chi connectivity index (χ0n) is 12.2. The molecule has 2 aromatic rings. The van der Waals surface area contributed by atoms with Crippen LogP contribution in [0.25, 0.3) is 0 Å². The van der Waals surface area contributed by atoms with Gasteiger partial charge in [0.05, 0.1) is 18.1 Å². The Kier molecular flexibility index (Phi) is 6.62. The van der Waals surface area contributed by atoms with Crippen LogP contribution in [0, 0.1) is 0 Å². The summed E-state index contributed by atoms with van der Waals surface area (Å²) in [7, 11) is -2.84. The highest BCUT2D eigenvalue weighted by Crippen LogP contribution is 2.30. The van der Waals surface area contributed by atoms with Crippen molar-refractivity contribution in [3.05, 3.63) is 46.6 Å². The van der Waals surface area contributed by atoms with E-state index in [0.29, 0.717) is 13.0 Å². The first kappa shape index (κ1) is 18.9. The van der Waals surface area contributed by atoms with E-state index in [1.807, 2.05) is 36.4 Å². The number of sulfone groups is 1. The van der Waals surface area contributed by atoms with E-state index in [-0.39, 0.29) is 30.0 Å². The molecular weight excluding hydrogens is 422 g/mol. The van der Waals surface area contributed by atoms with E-state index in [9.17, 15) is 8.42 Å². The van der Waals surface area contributed by atoms with E-state index >= 15 is 0 Å². The minimum atomic E-state index is -2.84. The van der Waals surface area contributed by atoms with Gasteiger partial charge in [0, 0.05) is 15.4 Å². The molecule has 1 fully saturated rings. The Balaban J connectivity index is 0.00000192. The van der Waals surface area contributed by atoms with E-state index in [2.05, 4.69) is 21.2 Å². The number of hydrogen-bond donors (Lipinski definition) is 1. The average molecular weight is 439 g/mol. The first-order chi connectivity index (χ1) is 10.5. The molecule has 1 atom stereocenters. The molecule has 8 heteroatoms. The predicted octanol–water partition coefficient (Wildman–Crippen LogP) is 3.89. The molecule has 2 heterocycles. The van der Waals surface area contributed by atoms with E-state index in [0.717, 1.165) is 20.2 Å². The molecule has 1 aliphatic heterocycles. The van der Waals surface area contributed by atoms with Gasteiger partial charge in [0.2, 0.25) is 0 Å². The van der Waals surface area contributed by atoms with Crippen molar-refractivity contribution in [1.82, 2.24) is 5.32 Å². The Morgan fingerprint density at radius 3 is 2.61 bits per heavy atom. The first-order valence-corrected chi connectivity index (χ1v) is 10.4. The third-order valence-corrected chi connectivity index (χ3v) is 6.69. The first-order valence-electron chi connectivity index (χ1n) is 6.96. The maximum absolute atomic E-state index is 11.4. The van der Waals surface area contributed by atoms with Crippen LogP contribution in [-0.4, -0.2) is 26.0 Å². The number of hydrogen-bond acceptors (Lipinski definition) is 5. The maximum atomic E-state index is 11.4. The molecular formula is C15H17BrClNO3S2. The molecule has 4 nitrogen and oxygen atoms in total. The lowest BCUT2D eigenvalue weighted by Crippen LogP contribution is -2.29. The van der Waals surface area contributed by atoms with Crippen molar-refractivity contribution < 1.29 is 12.8 Å². The van der Waals surface area contributed by atoms with Crippen molar-refractivity contribution in [3.8, 4) is 0 Å². The number of halogens is 2. The van der Waals surface area contributed by atoms with Crippen LogP contribution in [0.2, 0.25) is 0 Å². The van der Waals surface area contributed by atoms with Crippen LogP contribution in [0.1, 0.15) is 12.2 Å². The quantitative estimate of drug-likeness (QED) is 0.767. The SMILES string of the molecule is Cl.O=S1(=O)CCC(NCc2ccc(Sc3ccc(Br)cc3)o2)C1. The fourth-order valence-corrected chi connectivity index (χ4v) is 5.09. The monoisotopic (exact) mass is 437 g/mol. The van der Waals surface area contributed by atoms with Gasteiger partial charge in [0.25, 0.3) is 0 Å². The molecule has 3 rings (SSSR count). The molecule has 1 aromatic carbocycles. The second-order valence-electron chi connectivity index (χ2n) is 5.26. The fourth-order valence-electron chi connectivity index (χ4n) is 2.33. The molecule has 126 valence electrons. The number of furan rings is 1. The molecule has 0 aliphatic carbocycles. The van der Waals surface area contributed by atoms with Gasteiger partial charge in [-0.2, -0.15) is 0 Å². The molecule has 0 amide bonds. The standard InChI is InChI=1S/C15H16BrNO3S2.ClH/c16-11-1-4-14(5-2-11)21-15-6-3-13(20-15)9-17-12-7-8-22(18,19)10-12;/h1-6,12,17H,7-10H2;1H. The van der Waals surface area contributed by atoms with Crippen LogP contribution < -0.4 is 5.32 Å². The highest BCUT2D eigenvalue weighted by Gasteiger charge is 2.27. The summed E-state index contributed by atoms with van der Waals surface area (Å²) in [6, 6.07) is 11.9. The second-order valence-corrected chi connectivity index (χ2v) is 9.48. The van der Waals surface area contributed by atoms with Gasteiger partial charge in [-0.15, -0.1) is 12.4 Å². The Morgan fingerprint density at radius 1 is 1.22 bits per heavy atom. The van der Waals surface area contributed by atoms with Gasteiger partial charge in [0.15, 0.2) is 14.9 Å². The second kappa shape index (κ2) is 8.07. The van der Waals surface area contributed by atoms with Gasteiger partial charge in [-0.05, 0) is 42.8 Å². The summed E-state index contributed by atoms with van der Waals surface area (Å²) in [4.78, 5) is 1.11. The van der Waals surface area contributed by atoms with Crippen LogP contribution in [0.15, 0.2) is 55.3 Å². The molecule has 0 bridgehead atoms. The smallest absolute Gasteiger partial charge is 0.165 e. The Hall–Kier alpha value is -0.470. The van der Waals surface area contributed by atoms with E-state index in [1.165, 1.54) is 0 Å². The van der Waals surface area contributed by atoms with Crippen LogP contribution in [0.5, 0.6) is 0 Å². The summed E-state index contributed by atoms with van der Waals surface area (Å²) in [5.74, 6) is 1.34. The van der Waals surface area contributed by atoms with Crippen LogP contribution >= 0.6 is 40.1 Å². The summed E-state index contributed by atoms with van der Waals surface area (Å²) in [5.41, 5.74) is 0. The maximum Gasteiger partial charge on any atom is 0.165 e. The molecule has 0 radical (unpaired) electrons. The number of benzene rings is 1. The lowest BCUT2D eigenvalue weighted by atomic mass is 10.2. The Bertz CT molecular complexity index is 746. The van der Waals surface area contributed by atoms with Crippen molar-refractivity contribution >= 4 is 49.9 Å². The van der Waals surface area contributed by atoms with Gasteiger partial charge in [-0.1, -0.05) is 27.7 Å². The van der Waals surface area contributed by atoms with E-state index < -0.39 is 9.84 Å². The summed E-state index contributed by atoms with van der Waals surface area (Å²) >= 11 is 4.98. The van der Waals surface area contributed by atoms with Crippen molar-refractivity contribution in [1.29, 1.82) is 0 Å². The topological polar surface area (TPSA) is 59.3 Å². The molecule has 1 aliphatic rings. The summed E-state index contributed by atoms with van der Waals surface area (Å²) in [6.45, 7) is 0.557. The van der Waals surface area contributed by atoms with Gasteiger partial charge in [-0.25, -0.2) is 8.42 Å². The van der Waals surface area contributed by atoms with Crippen molar-refractivity contribution in [2.45, 2.75) is 29.0 Å². The summed E-state index contributed by atoms with van der Waals surface area (Å²) in [5, 5.41) is 4.08. The third-order valence-electron chi connectivity index (χ3n) is 3.47.